The summed E-state index contributed by atoms with van der Waals surface area (Å²) >= 11 is 3.18. The van der Waals surface area contributed by atoms with Crippen molar-refractivity contribution in [3.05, 3.63) is 28.2 Å². The van der Waals surface area contributed by atoms with Crippen LogP contribution in [0.3, 0.4) is 0 Å². The maximum Gasteiger partial charge on any atom is 0.310 e. The molecular formula is C15H18BrNO4. The Morgan fingerprint density at radius 2 is 2.24 bits per heavy atom. The van der Waals surface area contributed by atoms with E-state index >= 15 is 0 Å². The van der Waals surface area contributed by atoms with Crippen LogP contribution < -0.4 is 0 Å². The number of halogens is 1. The summed E-state index contributed by atoms with van der Waals surface area (Å²) in [5.41, 5.74) is 0.417. The summed E-state index contributed by atoms with van der Waals surface area (Å²) in [6.07, 6.45) is 1.52. The molecule has 6 heteroatoms. The van der Waals surface area contributed by atoms with Gasteiger partial charge in [-0.1, -0.05) is 0 Å². The second kappa shape index (κ2) is 6.93. The van der Waals surface area contributed by atoms with Crippen LogP contribution in [0.4, 0.5) is 0 Å². The van der Waals surface area contributed by atoms with Gasteiger partial charge in [-0.2, -0.15) is 0 Å². The Kier molecular flexibility index (Phi) is 5.22. The van der Waals surface area contributed by atoms with Gasteiger partial charge in [-0.25, -0.2) is 0 Å². The van der Waals surface area contributed by atoms with Gasteiger partial charge < -0.3 is 14.7 Å². The van der Waals surface area contributed by atoms with Crippen LogP contribution in [0.25, 0.3) is 0 Å². The van der Waals surface area contributed by atoms with Gasteiger partial charge in [0.25, 0.3) is 5.91 Å². The lowest BCUT2D eigenvalue weighted by Gasteiger charge is -2.31. The van der Waals surface area contributed by atoms with E-state index in [1.165, 1.54) is 6.07 Å². The molecule has 0 aliphatic carbocycles. The molecule has 0 bridgehead atoms. The number of benzene rings is 1. The Labute approximate surface area is 132 Å². The summed E-state index contributed by atoms with van der Waals surface area (Å²) in [6.45, 7) is 3.11. The molecule has 1 fully saturated rings. The predicted octanol–water partition coefficient (Wildman–Crippen LogP) is 2.57. The van der Waals surface area contributed by atoms with Crippen LogP contribution in [0.15, 0.2) is 22.7 Å². The van der Waals surface area contributed by atoms with Crippen LogP contribution in [0.1, 0.15) is 30.1 Å². The molecule has 1 aromatic carbocycles. The number of aromatic hydroxyl groups is 1. The number of ether oxygens (including phenoxy) is 1. The van der Waals surface area contributed by atoms with Crippen molar-refractivity contribution in [3.63, 3.8) is 0 Å². The molecule has 0 unspecified atom stereocenters. The van der Waals surface area contributed by atoms with Crippen molar-refractivity contribution in [1.82, 2.24) is 4.90 Å². The Balaban J connectivity index is 2.08. The van der Waals surface area contributed by atoms with E-state index in [1.807, 2.05) is 0 Å². The van der Waals surface area contributed by atoms with Gasteiger partial charge >= 0.3 is 5.97 Å². The lowest BCUT2D eigenvalue weighted by Crippen LogP contribution is -2.42. The number of rotatable bonds is 3. The van der Waals surface area contributed by atoms with Crippen molar-refractivity contribution in [2.45, 2.75) is 19.8 Å². The molecule has 1 aromatic rings. The highest BCUT2D eigenvalue weighted by atomic mass is 79.9. The number of esters is 1. The third kappa shape index (κ3) is 3.75. The molecule has 0 spiro atoms. The summed E-state index contributed by atoms with van der Waals surface area (Å²) in [6, 6.07) is 4.72. The zero-order valence-electron chi connectivity index (χ0n) is 11.8. The van der Waals surface area contributed by atoms with E-state index in [0.29, 0.717) is 29.7 Å². The topological polar surface area (TPSA) is 66.8 Å². The van der Waals surface area contributed by atoms with Gasteiger partial charge in [0.15, 0.2) is 0 Å². The van der Waals surface area contributed by atoms with E-state index < -0.39 is 0 Å². The number of likely N-dealkylation sites (tertiary alicyclic amines) is 1. The smallest absolute Gasteiger partial charge is 0.310 e. The first-order chi connectivity index (χ1) is 10.0. The average Bonchev–Trinajstić information content (AvgIpc) is 2.49. The Morgan fingerprint density at radius 1 is 1.48 bits per heavy atom. The maximum absolute atomic E-state index is 12.4. The highest BCUT2D eigenvalue weighted by Gasteiger charge is 2.29. The van der Waals surface area contributed by atoms with E-state index in [4.69, 9.17) is 4.74 Å². The molecule has 21 heavy (non-hydrogen) atoms. The standard InChI is InChI=1S/C15H18BrNO4/c1-2-21-15(20)11-4-3-7-17(9-11)14(19)10-5-6-12(16)13(18)8-10/h5-6,8,11,18H,2-4,7,9H2,1H3/t11-/m0/s1. The average molecular weight is 356 g/mol. The SMILES string of the molecule is CCOC(=O)[C@H]1CCCN(C(=O)c2ccc(Br)c(O)c2)C1. The van der Waals surface area contributed by atoms with Crippen LogP contribution in [0.5, 0.6) is 5.75 Å². The van der Waals surface area contributed by atoms with Crippen LogP contribution in [0, 0.1) is 5.92 Å². The monoisotopic (exact) mass is 355 g/mol. The van der Waals surface area contributed by atoms with Crippen molar-refractivity contribution in [3.8, 4) is 5.75 Å². The van der Waals surface area contributed by atoms with Gasteiger partial charge in [0.2, 0.25) is 0 Å². The summed E-state index contributed by atoms with van der Waals surface area (Å²) in [7, 11) is 0. The molecule has 1 aliphatic rings. The maximum atomic E-state index is 12.4. The molecule has 0 saturated carbocycles. The fraction of sp³-hybridized carbons (Fsp3) is 0.467. The Bertz CT molecular complexity index is 546. The number of nitrogens with zero attached hydrogens (tertiary/aromatic N) is 1. The number of carbonyl (C=O) groups excluding carboxylic acids is 2. The largest absolute Gasteiger partial charge is 0.507 e. The van der Waals surface area contributed by atoms with Crippen LogP contribution in [-0.4, -0.2) is 41.6 Å². The minimum atomic E-state index is -0.258. The Hall–Kier alpha value is -1.56. The number of phenols is 1. The van der Waals surface area contributed by atoms with Crippen molar-refractivity contribution < 1.29 is 19.4 Å². The molecule has 1 atom stereocenters. The lowest BCUT2D eigenvalue weighted by molar-refractivity contribution is -0.149. The molecule has 1 saturated heterocycles. The zero-order valence-corrected chi connectivity index (χ0v) is 13.4. The van der Waals surface area contributed by atoms with Gasteiger partial charge in [0.05, 0.1) is 17.0 Å². The zero-order chi connectivity index (χ0) is 15.4. The first-order valence-electron chi connectivity index (χ1n) is 6.97. The molecule has 5 nitrogen and oxygen atoms in total. The molecule has 1 aliphatic heterocycles. The third-order valence-corrected chi connectivity index (χ3v) is 4.19. The number of carbonyl (C=O) groups is 2. The van der Waals surface area contributed by atoms with Crippen LogP contribution in [-0.2, 0) is 9.53 Å². The van der Waals surface area contributed by atoms with E-state index in [1.54, 1.807) is 24.0 Å². The van der Waals surface area contributed by atoms with Gasteiger partial charge in [0.1, 0.15) is 5.75 Å². The van der Waals surface area contributed by atoms with E-state index in [0.717, 1.165) is 12.8 Å². The van der Waals surface area contributed by atoms with Crippen LogP contribution in [0.2, 0.25) is 0 Å². The van der Waals surface area contributed by atoms with Crippen molar-refractivity contribution in [2.75, 3.05) is 19.7 Å². The van der Waals surface area contributed by atoms with Gasteiger partial charge in [0, 0.05) is 18.7 Å². The highest BCUT2D eigenvalue weighted by Crippen LogP contribution is 2.26. The molecule has 1 heterocycles. The summed E-state index contributed by atoms with van der Waals surface area (Å²) in [5.74, 6) is -0.646. The van der Waals surface area contributed by atoms with Crippen molar-refractivity contribution in [1.29, 1.82) is 0 Å². The molecule has 0 radical (unpaired) electrons. The normalized spacial score (nSPS) is 18.4. The van der Waals surface area contributed by atoms with E-state index in [-0.39, 0.29) is 23.5 Å². The van der Waals surface area contributed by atoms with Crippen molar-refractivity contribution in [2.24, 2.45) is 5.92 Å². The first-order valence-corrected chi connectivity index (χ1v) is 7.76. The molecule has 1 amide bonds. The quantitative estimate of drug-likeness (QED) is 0.846. The lowest BCUT2D eigenvalue weighted by atomic mass is 9.97. The summed E-state index contributed by atoms with van der Waals surface area (Å²) < 4.78 is 5.57. The van der Waals surface area contributed by atoms with Gasteiger partial charge in [-0.15, -0.1) is 0 Å². The van der Waals surface area contributed by atoms with Crippen molar-refractivity contribution >= 4 is 27.8 Å². The summed E-state index contributed by atoms with van der Waals surface area (Å²) in [5, 5.41) is 9.67. The molecule has 2 rings (SSSR count). The molecular weight excluding hydrogens is 338 g/mol. The second-order valence-electron chi connectivity index (χ2n) is 5.01. The second-order valence-corrected chi connectivity index (χ2v) is 5.86. The first kappa shape index (κ1) is 15.8. The molecule has 1 N–H and O–H groups in total. The van der Waals surface area contributed by atoms with E-state index in [2.05, 4.69) is 15.9 Å². The molecule has 114 valence electrons. The number of hydrogen-bond acceptors (Lipinski definition) is 4. The Morgan fingerprint density at radius 3 is 2.90 bits per heavy atom. The minimum absolute atomic E-state index is 0.0276. The number of piperidine rings is 1. The van der Waals surface area contributed by atoms with Crippen LogP contribution >= 0.6 is 15.9 Å². The number of hydrogen-bond donors (Lipinski definition) is 1. The third-order valence-electron chi connectivity index (χ3n) is 3.52. The molecule has 0 aromatic heterocycles. The number of amides is 1. The van der Waals surface area contributed by atoms with Gasteiger partial charge in [-0.05, 0) is 53.9 Å². The number of phenolic OH excluding ortho intramolecular Hbond substituents is 1. The fourth-order valence-electron chi connectivity index (χ4n) is 2.44. The van der Waals surface area contributed by atoms with E-state index in [9.17, 15) is 14.7 Å². The fourth-order valence-corrected chi connectivity index (χ4v) is 2.69. The predicted molar refractivity (Wildman–Crippen MR) is 81.1 cm³/mol. The summed E-state index contributed by atoms with van der Waals surface area (Å²) in [4.78, 5) is 25.9. The van der Waals surface area contributed by atoms with Gasteiger partial charge in [-0.3, -0.25) is 9.59 Å². The highest BCUT2D eigenvalue weighted by molar-refractivity contribution is 9.10. The minimum Gasteiger partial charge on any atom is -0.507 e.